The van der Waals surface area contributed by atoms with E-state index in [9.17, 15) is 4.79 Å². The van der Waals surface area contributed by atoms with Crippen molar-refractivity contribution in [3.05, 3.63) is 34.3 Å². The first-order valence-corrected chi connectivity index (χ1v) is 7.19. The van der Waals surface area contributed by atoms with Crippen LogP contribution in [0.3, 0.4) is 0 Å². The molecule has 0 aliphatic rings. The van der Waals surface area contributed by atoms with Gasteiger partial charge in [0.15, 0.2) is 5.78 Å². The molecule has 0 aromatic heterocycles. The first kappa shape index (κ1) is 16.3. The molecule has 0 saturated heterocycles. The molecule has 0 aliphatic heterocycles. The molecule has 2 N–H and O–H groups in total. The highest BCUT2D eigenvalue weighted by Gasteiger charge is 2.08. The van der Waals surface area contributed by atoms with E-state index in [2.05, 4.69) is 15.9 Å². The predicted octanol–water partition coefficient (Wildman–Crippen LogP) is 1.70. The number of rotatable bonds is 9. The van der Waals surface area contributed by atoms with Crippen LogP contribution in [0.4, 0.5) is 0 Å². The number of benzene rings is 1. The highest BCUT2D eigenvalue weighted by molar-refractivity contribution is 9.10. The summed E-state index contributed by atoms with van der Waals surface area (Å²) in [4.78, 5) is 13.9. The minimum atomic E-state index is 0.0701. The van der Waals surface area contributed by atoms with Crippen molar-refractivity contribution < 1.29 is 15.0 Å². The Kier molecular flexibility index (Phi) is 7.90. The zero-order chi connectivity index (χ0) is 14.1. The molecule has 0 fully saturated rings. The summed E-state index contributed by atoms with van der Waals surface area (Å²) in [6.07, 6.45) is 1.21. The van der Waals surface area contributed by atoms with Crippen LogP contribution in [0.2, 0.25) is 0 Å². The lowest BCUT2D eigenvalue weighted by Gasteiger charge is -2.19. The van der Waals surface area contributed by atoms with Crippen LogP contribution in [0.25, 0.3) is 0 Å². The Labute approximate surface area is 122 Å². The molecule has 0 radical (unpaired) electrons. The largest absolute Gasteiger partial charge is 0.395 e. The molecule has 0 amide bonds. The number of nitrogens with zero attached hydrogens (tertiary/aromatic N) is 1. The number of carbonyl (C=O) groups is 1. The Bertz CT molecular complexity index is 375. The van der Waals surface area contributed by atoms with Gasteiger partial charge >= 0.3 is 0 Å². The Morgan fingerprint density at radius 3 is 2.16 bits per heavy atom. The molecule has 5 heteroatoms. The zero-order valence-corrected chi connectivity index (χ0v) is 12.5. The molecule has 4 nitrogen and oxygen atoms in total. The molecule has 0 unspecified atom stereocenters. The summed E-state index contributed by atoms with van der Waals surface area (Å²) in [6.45, 7) is 1.92. The van der Waals surface area contributed by atoms with Crippen LogP contribution in [-0.4, -0.2) is 53.7 Å². The summed E-state index contributed by atoms with van der Waals surface area (Å²) in [6, 6.07) is 7.34. The molecule has 0 bridgehead atoms. The van der Waals surface area contributed by atoms with Gasteiger partial charge in [-0.15, -0.1) is 0 Å². The quantitative estimate of drug-likeness (QED) is 0.677. The van der Waals surface area contributed by atoms with Crippen LogP contribution in [-0.2, 0) is 0 Å². The van der Waals surface area contributed by atoms with Gasteiger partial charge in [-0.1, -0.05) is 28.1 Å². The first-order chi connectivity index (χ1) is 9.17. The third kappa shape index (κ3) is 6.29. The van der Waals surface area contributed by atoms with Gasteiger partial charge in [-0.05, 0) is 25.1 Å². The predicted molar refractivity (Wildman–Crippen MR) is 78.3 cm³/mol. The van der Waals surface area contributed by atoms with Gasteiger partial charge in [0.1, 0.15) is 0 Å². The second-order valence-electron chi connectivity index (χ2n) is 4.32. The summed E-state index contributed by atoms with van der Waals surface area (Å²) in [5.74, 6) is 0.125. The summed E-state index contributed by atoms with van der Waals surface area (Å²) in [7, 11) is 0. The Morgan fingerprint density at radius 1 is 1.05 bits per heavy atom. The van der Waals surface area contributed by atoms with E-state index in [4.69, 9.17) is 10.2 Å². The van der Waals surface area contributed by atoms with Crippen LogP contribution in [0.15, 0.2) is 28.7 Å². The van der Waals surface area contributed by atoms with Gasteiger partial charge in [-0.2, -0.15) is 0 Å². The molecule has 0 spiro atoms. The number of carbonyl (C=O) groups excluding carboxylic acids is 1. The van der Waals surface area contributed by atoms with Crippen molar-refractivity contribution in [3.63, 3.8) is 0 Å². The number of hydrogen-bond acceptors (Lipinski definition) is 4. The number of Topliss-reactive ketones (excluding diaryl/α,β-unsaturated/α-hetero) is 1. The molecule has 106 valence electrons. The molecule has 0 saturated carbocycles. The molecule has 0 aliphatic carbocycles. The highest BCUT2D eigenvalue weighted by atomic mass is 79.9. The lowest BCUT2D eigenvalue weighted by atomic mass is 10.1. The third-order valence-electron chi connectivity index (χ3n) is 2.88. The second-order valence-corrected chi connectivity index (χ2v) is 5.24. The number of ketones is 1. The molecule has 1 aromatic rings. The number of hydrogen-bond donors (Lipinski definition) is 2. The van der Waals surface area contributed by atoms with Crippen molar-refractivity contribution in [1.82, 2.24) is 4.90 Å². The van der Waals surface area contributed by atoms with Crippen molar-refractivity contribution in [3.8, 4) is 0 Å². The molecule has 0 atom stereocenters. The van der Waals surface area contributed by atoms with Crippen LogP contribution < -0.4 is 0 Å². The maximum atomic E-state index is 11.9. The van der Waals surface area contributed by atoms with Crippen molar-refractivity contribution >= 4 is 21.7 Å². The van der Waals surface area contributed by atoms with Crippen LogP contribution in [0, 0.1) is 0 Å². The van der Waals surface area contributed by atoms with Gasteiger partial charge in [0.25, 0.3) is 0 Å². The molecular formula is C14H20BrNO3. The van der Waals surface area contributed by atoms with E-state index in [1.54, 1.807) is 0 Å². The van der Waals surface area contributed by atoms with Gasteiger partial charge in [0, 0.05) is 29.5 Å². The summed E-state index contributed by atoms with van der Waals surface area (Å²) < 4.78 is 0.959. The van der Waals surface area contributed by atoms with Crippen molar-refractivity contribution in [1.29, 1.82) is 0 Å². The molecule has 1 aromatic carbocycles. The Morgan fingerprint density at radius 2 is 1.63 bits per heavy atom. The van der Waals surface area contributed by atoms with Crippen molar-refractivity contribution in [2.45, 2.75) is 12.8 Å². The third-order valence-corrected chi connectivity index (χ3v) is 3.41. The second kappa shape index (κ2) is 9.20. The lowest BCUT2D eigenvalue weighted by molar-refractivity contribution is 0.0970. The summed E-state index contributed by atoms with van der Waals surface area (Å²) >= 11 is 3.34. The van der Waals surface area contributed by atoms with Crippen molar-refractivity contribution in [2.75, 3.05) is 32.8 Å². The molecular weight excluding hydrogens is 310 g/mol. The van der Waals surface area contributed by atoms with Gasteiger partial charge in [-0.25, -0.2) is 0 Å². The van der Waals surface area contributed by atoms with Gasteiger partial charge in [0.05, 0.1) is 13.2 Å². The van der Waals surface area contributed by atoms with Gasteiger partial charge < -0.3 is 10.2 Å². The molecule has 0 heterocycles. The van der Waals surface area contributed by atoms with Gasteiger partial charge in [-0.3, -0.25) is 9.69 Å². The fourth-order valence-corrected chi connectivity index (χ4v) is 2.13. The van der Waals surface area contributed by atoms with E-state index >= 15 is 0 Å². The standard InChI is InChI=1S/C14H20BrNO3/c15-13-5-3-12(4-6-13)14(19)2-1-7-16(8-10-17)9-11-18/h3-6,17-18H,1-2,7-11H2. The first-order valence-electron chi connectivity index (χ1n) is 6.40. The van der Waals surface area contributed by atoms with E-state index in [1.807, 2.05) is 29.2 Å². The smallest absolute Gasteiger partial charge is 0.162 e. The minimum absolute atomic E-state index is 0.0701. The average molecular weight is 330 g/mol. The fraction of sp³-hybridized carbons (Fsp3) is 0.500. The van der Waals surface area contributed by atoms with Crippen LogP contribution in [0.1, 0.15) is 23.2 Å². The minimum Gasteiger partial charge on any atom is -0.395 e. The summed E-state index contributed by atoms with van der Waals surface area (Å²) in [5.41, 5.74) is 0.721. The average Bonchev–Trinajstić information content (AvgIpc) is 2.40. The summed E-state index contributed by atoms with van der Waals surface area (Å²) in [5, 5.41) is 17.8. The van der Waals surface area contributed by atoms with Crippen LogP contribution >= 0.6 is 15.9 Å². The number of aliphatic hydroxyl groups excluding tert-OH is 2. The maximum absolute atomic E-state index is 11.9. The maximum Gasteiger partial charge on any atom is 0.162 e. The van der Waals surface area contributed by atoms with E-state index in [0.29, 0.717) is 26.1 Å². The SMILES string of the molecule is O=C(CCCN(CCO)CCO)c1ccc(Br)cc1. The van der Waals surface area contributed by atoms with Crippen LogP contribution in [0.5, 0.6) is 0 Å². The zero-order valence-electron chi connectivity index (χ0n) is 10.9. The molecule has 19 heavy (non-hydrogen) atoms. The number of halogens is 1. The lowest BCUT2D eigenvalue weighted by Crippen LogP contribution is -2.31. The van der Waals surface area contributed by atoms with Crippen molar-refractivity contribution in [2.24, 2.45) is 0 Å². The Balaban J connectivity index is 2.35. The van der Waals surface area contributed by atoms with E-state index in [-0.39, 0.29) is 19.0 Å². The van der Waals surface area contributed by atoms with E-state index in [0.717, 1.165) is 16.5 Å². The highest BCUT2D eigenvalue weighted by Crippen LogP contribution is 2.12. The topological polar surface area (TPSA) is 60.8 Å². The van der Waals surface area contributed by atoms with Gasteiger partial charge in [0.2, 0.25) is 0 Å². The molecule has 1 rings (SSSR count). The monoisotopic (exact) mass is 329 g/mol. The Hall–Kier alpha value is -0.750. The van der Waals surface area contributed by atoms with E-state index in [1.165, 1.54) is 0 Å². The number of aliphatic hydroxyl groups is 2. The normalized spacial score (nSPS) is 10.9. The fourth-order valence-electron chi connectivity index (χ4n) is 1.86. The van der Waals surface area contributed by atoms with E-state index < -0.39 is 0 Å².